The molecule has 0 bridgehead atoms. The number of halogens is 1. The minimum absolute atomic E-state index is 0.0407. The van der Waals surface area contributed by atoms with E-state index >= 15 is 0 Å². The van der Waals surface area contributed by atoms with Gasteiger partial charge in [-0.2, -0.15) is 5.10 Å². The van der Waals surface area contributed by atoms with E-state index in [9.17, 15) is 0 Å². The molecule has 2 aliphatic carbocycles. The van der Waals surface area contributed by atoms with Crippen molar-refractivity contribution in [1.29, 1.82) is 0 Å². The second kappa shape index (κ2) is 19.4. The minimum Gasteiger partial charge on any atom is -0.456 e. The summed E-state index contributed by atoms with van der Waals surface area (Å²) in [5, 5.41) is 20.0. The second-order valence-electron chi connectivity index (χ2n) is 23.3. The van der Waals surface area contributed by atoms with E-state index in [1.54, 1.807) is 0 Å². The van der Waals surface area contributed by atoms with Gasteiger partial charge in [0.2, 0.25) is 0 Å². The Hall–Kier alpha value is -10.2. The summed E-state index contributed by atoms with van der Waals surface area (Å²) in [4.78, 5) is 2.28. The third-order valence-corrected chi connectivity index (χ3v) is 17.9. The Morgan fingerprint density at radius 1 is 0.376 bits per heavy atom. The summed E-state index contributed by atoms with van der Waals surface area (Å²) in [6, 6.07) is 89.6. The van der Waals surface area contributed by atoms with E-state index in [-0.39, 0.29) is 10.8 Å². The van der Waals surface area contributed by atoms with Gasteiger partial charge >= 0.3 is 0 Å². The number of para-hydroxylation sites is 4. The number of rotatable bonds is 5. The summed E-state index contributed by atoms with van der Waals surface area (Å²) in [6.07, 6.45) is 0. The lowest BCUT2D eigenvalue weighted by Gasteiger charge is -2.25. The van der Waals surface area contributed by atoms with Crippen molar-refractivity contribution in [2.45, 2.75) is 38.5 Å². The molecule has 0 aliphatic heterocycles. The summed E-state index contributed by atoms with van der Waals surface area (Å²) < 4.78 is 17.0. The molecule has 6 heterocycles. The van der Waals surface area contributed by atoms with Crippen LogP contribution in [0.1, 0.15) is 49.9 Å². The molecular weight excluding hydrogens is 1110 g/mol. The SMILES string of the molecule is Brc1cc2ccc3ccccc3n2n1.CC1(C)c2ccccc2-c2cc(N(c3ccc4oc5ccccc5c4c3)c3cc4ccc5ccccc5n4n3)ccc21.CC1(C)c2ccccc2-c2cc(Nc3ccc4oc5ccccc5c4c3)ccc21. The molecule has 18 rings (SSSR count). The van der Waals surface area contributed by atoms with E-state index in [4.69, 9.17) is 13.9 Å². The number of nitrogens with one attached hydrogen (secondary N) is 1. The molecule has 8 nitrogen and oxygen atoms in total. The van der Waals surface area contributed by atoms with E-state index in [1.165, 1.54) is 49.9 Å². The van der Waals surface area contributed by atoms with Crippen molar-refractivity contribution in [3.8, 4) is 22.3 Å². The van der Waals surface area contributed by atoms with Crippen molar-refractivity contribution in [1.82, 2.24) is 19.2 Å². The predicted octanol–water partition coefficient (Wildman–Crippen LogP) is 21.0. The molecule has 6 aromatic heterocycles. The van der Waals surface area contributed by atoms with Gasteiger partial charge in [0.15, 0.2) is 5.82 Å². The summed E-state index contributed by atoms with van der Waals surface area (Å²) in [7, 11) is 0. The smallest absolute Gasteiger partial charge is 0.160 e. The Kier molecular flexibility index (Phi) is 11.6. The lowest BCUT2D eigenvalue weighted by Crippen LogP contribution is -2.15. The lowest BCUT2D eigenvalue weighted by atomic mass is 9.82. The highest BCUT2D eigenvalue weighted by molar-refractivity contribution is 9.10. The van der Waals surface area contributed by atoms with Crippen LogP contribution in [0.4, 0.5) is 28.6 Å². The van der Waals surface area contributed by atoms with Gasteiger partial charge in [0.25, 0.3) is 0 Å². The van der Waals surface area contributed by atoms with E-state index in [0.29, 0.717) is 0 Å². The van der Waals surface area contributed by atoms with Crippen LogP contribution in [-0.4, -0.2) is 19.2 Å². The maximum absolute atomic E-state index is 6.18. The molecule has 0 spiro atoms. The topological polar surface area (TPSA) is 76.2 Å². The minimum atomic E-state index is -0.0497. The lowest BCUT2D eigenvalue weighted by molar-refractivity contribution is 0.660. The van der Waals surface area contributed by atoms with Gasteiger partial charge < -0.3 is 14.2 Å². The summed E-state index contributed by atoms with van der Waals surface area (Å²) >= 11 is 3.38. The van der Waals surface area contributed by atoms with E-state index in [1.807, 2.05) is 53.0 Å². The fourth-order valence-electron chi connectivity index (χ4n) is 13.4. The maximum Gasteiger partial charge on any atom is 0.160 e. The quantitative estimate of drug-likeness (QED) is 0.185. The van der Waals surface area contributed by atoms with E-state index in [0.717, 1.165) is 105 Å². The van der Waals surface area contributed by atoms with Crippen LogP contribution in [0.25, 0.3) is 99.0 Å². The number of hydrogen-bond donors (Lipinski definition) is 1. The third kappa shape index (κ3) is 8.32. The number of fused-ring (bicyclic) bond motifs is 18. The molecule has 1 N–H and O–H groups in total. The average molecular weight is 1160 g/mol. The zero-order valence-electron chi connectivity index (χ0n) is 47.2. The monoisotopic (exact) mass is 1160 g/mol. The van der Waals surface area contributed by atoms with Crippen LogP contribution < -0.4 is 10.2 Å². The standard InChI is InChI=1S/C38H27N3O.C27H21NO.C11H7BrN2/c1-38(2)32-12-6-4-10-28(32)30-21-25(17-19-33(30)38)40(26-18-20-36-31(22-26)29-11-5-8-14-35(29)42-36)37-23-27-16-15-24-9-3-7-13-34(24)41(27)39-37;1-27(2)23-9-5-3-7-19(23)21-15-17(11-13-24(21)27)28-18-12-14-26-22(16-18)20-8-4-6-10-25(20)29-26;12-11-7-9-6-5-8-3-1-2-4-10(8)14(9)13-11/h3-23H,1-2H3;3-16,28H,1-2H3;1-7H. The van der Waals surface area contributed by atoms with Crippen molar-refractivity contribution >= 4 is 121 Å². The molecule has 85 heavy (non-hydrogen) atoms. The molecule has 0 fully saturated rings. The molecule has 10 aromatic carbocycles. The number of benzene rings is 10. The highest BCUT2D eigenvalue weighted by Gasteiger charge is 2.37. The summed E-state index contributed by atoms with van der Waals surface area (Å²) in [6.45, 7) is 9.26. The molecule has 16 aromatic rings. The van der Waals surface area contributed by atoms with Gasteiger partial charge in [-0.1, -0.05) is 173 Å². The predicted molar refractivity (Wildman–Crippen MR) is 354 cm³/mol. The molecule has 0 saturated heterocycles. The van der Waals surface area contributed by atoms with Crippen LogP contribution in [0.3, 0.4) is 0 Å². The highest BCUT2D eigenvalue weighted by Crippen LogP contribution is 2.52. The van der Waals surface area contributed by atoms with Gasteiger partial charge in [0, 0.05) is 72.0 Å². The van der Waals surface area contributed by atoms with Gasteiger partial charge in [0.05, 0.1) is 22.1 Å². The fourth-order valence-corrected chi connectivity index (χ4v) is 13.7. The number of anilines is 5. The number of pyridine rings is 2. The van der Waals surface area contributed by atoms with Crippen LogP contribution >= 0.6 is 15.9 Å². The molecule has 0 amide bonds. The zero-order valence-corrected chi connectivity index (χ0v) is 48.8. The molecule has 0 saturated carbocycles. The third-order valence-electron chi connectivity index (χ3n) is 17.6. The van der Waals surface area contributed by atoms with Crippen LogP contribution in [0, 0.1) is 0 Å². The van der Waals surface area contributed by atoms with Crippen LogP contribution in [0.2, 0.25) is 0 Å². The summed E-state index contributed by atoms with van der Waals surface area (Å²) in [5.41, 5.74) is 23.0. The summed E-state index contributed by atoms with van der Waals surface area (Å²) in [5.74, 6) is 0.865. The van der Waals surface area contributed by atoms with Crippen molar-refractivity contribution in [3.05, 3.63) is 282 Å². The Morgan fingerprint density at radius 2 is 0.835 bits per heavy atom. The van der Waals surface area contributed by atoms with Gasteiger partial charge in [-0.25, -0.2) is 9.03 Å². The second-order valence-corrected chi connectivity index (χ2v) is 24.1. The first-order valence-corrected chi connectivity index (χ1v) is 29.6. The van der Waals surface area contributed by atoms with Crippen LogP contribution in [0.5, 0.6) is 0 Å². The fraction of sp³-hybridized carbons (Fsp3) is 0.0789. The number of furan rings is 2. The van der Waals surface area contributed by atoms with E-state index < -0.39 is 0 Å². The Bertz CT molecular complexity index is 5340. The first-order chi connectivity index (χ1) is 41.5. The number of aromatic nitrogens is 4. The number of nitrogens with zero attached hydrogens (tertiary/aromatic N) is 5. The molecular formula is C76H55BrN6O2. The van der Waals surface area contributed by atoms with Gasteiger partial charge in [0.1, 0.15) is 26.9 Å². The Balaban J connectivity index is 0.000000117. The zero-order chi connectivity index (χ0) is 57.1. The average Bonchev–Trinajstić information content (AvgIpc) is 1.79. The van der Waals surface area contributed by atoms with Crippen molar-refractivity contribution in [2.24, 2.45) is 0 Å². The molecule has 2 aliphatic rings. The van der Waals surface area contributed by atoms with Gasteiger partial charge in [-0.05, 0) is 164 Å². The normalized spacial score (nSPS) is 13.4. The largest absolute Gasteiger partial charge is 0.456 e. The molecule has 0 radical (unpaired) electrons. The molecule has 9 heteroatoms. The maximum atomic E-state index is 6.18. The molecule has 0 unspecified atom stereocenters. The molecule has 408 valence electrons. The van der Waals surface area contributed by atoms with Crippen LogP contribution in [-0.2, 0) is 10.8 Å². The van der Waals surface area contributed by atoms with Crippen molar-refractivity contribution < 1.29 is 8.83 Å². The van der Waals surface area contributed by atoms with E-state index in [2.05, 4.69) is 270 Å². The van der Waals surface area contributed by atoms with Crippen LogP contribution in [0.15, 0.2) is 268 Å². The Morgan fingerprint density at radius 3 is 1.49 bits per heavy atom. The molecule has 0 atom stereocenters. The Labute approximate surface area is 498 Å². The first kappa shape index (κ1) is 50.5. The van der Waals surface area contributed by atoms with Crippen molar-refractivity contribution in [2.75, 3.05) is 10.2 Å². The van der Waals surface area contributed by atoms with Crippen molar-refractivity contribution in [3.63, 3.8) is 0 Å². The first-order valence-electron chi connectivity index (χ1n) is 28.8. The highest BCUT2D eigenvalue weighted by atomic mass is 79.9. The van der Waals surface area contributed by atoms with Gasteiger partial charge in [-0.3, -0.25) is 4.90 Å². The number of hydrogen-bond acceptors (Lipinski definition) is 6. The van der Waals surface area contributed by atoms with Gasteiger partial charge in [-0.15, -0.1) is 5.10 Å².